The number of hydrogen-bond donors (Lipinski definition) is 1. The third kappa shape index (κ3) is 3.51. The minimum atomic E-state index is -1.77. The van der Waals surface area contributed by atoms with Crippen molar-refractivity contribution in [2.45, 2.75) is 37.6 Å². The molecular formula is C48H34OSi. The molecule has 0 fully saturated rings. The van der Waals surface area contributed by atoms with Crippen molar-refractivity contribution >= 4 is 18.8 Å². The monoisotopic (exact) mass is 654 g/mol. The summed E-state index contributed by atoms with van der Waals surface area (Å²) in [6.07, 6.45) is -0.749. The lowest BCUT2D eigenvalue weighted by molar-refractivity contribution is 0.225. The van der Waals surface area contributed by atoms with Crippen molar-refractivity contribution in [2.24, 2.45) is 0 Å². The normalized spacial score (nSPS) is 18.0. The van der Waals surface area contributed by atoms with Crippen LogP contribution in [0.15, 0.2) is 127 Å². The minimum absolute atomic E-state index is 0.0954. The second-order valence-electron chi connectivity index (χ2n) is 15.4. The average Bonchev–Trinajstić information content (AvgIpc) is 3.64. The molecular weight excluding hydrogens is 621 g/mol. The molecule has 5 aliphatic rings. The first-order valence-corrected chi connectivity index (χ1v) is 21.3. The van der Waals surface area contributed by atoms with Gasteiger partial charge in [0.1, 0.15) is 14.2 Å². The Kier molecular flexibility index (Phi) is 5.58. The summed E-state index contributed by atoms with van der Waals surface area (Å²) in [6.45, 7) is 6.92. The highest BCUT2D eigenvalue weighted by molar-refractivity contribution is 6.83. The van der Waals surface area contributed by atoms with Crippen molar-refractivity contribution in [3.05, 3.63) is 177 Å². The topological polar surface area (TPSA) is 20.2 Å². The number of aliphatic hydroxyl groups excluding tert-OH is 1. The largest absolute Gasteiger partial charge is 0.384 e. The third-order valence-corrected chi connectivity index (χ3v) is 12.4. The summed E-state index contributed by atoms with van der Waals surface area (Å²) in [5, 5.41) is 15.0. The molecule has 0 amide bonds. The summed E-state index contributed by atoms with van der Waals surface area (Å²) in [5.41, 5.74) is 25.1. The Bertz CT molecular complexity index is 2670. The van der Waals surface area contributed by atoms with E-state index in [1.54, 1.807) is 0 Å². The standard InChI is InChI=1S/C48H34OSi/c1-50(2,3)26-25-36-40-32-21-11-12-22-33(32)42-46-39-30-19-9-7-17-28(30)38(29-18-8-10-20-31(29)39)44(46)37(27-15-5-4-6-16-27)45(47(40)42)41-34-23-13-14-24-35(34)48(49)43(36)41/h4-24,38-39,48-49H,1-3H3. The highest BCUT2D eigenvalue weighted by Crippen LogP contribution is 2.67. The van der Waals surface area contributed by atoms with Gasteiger partial charge in [0.05, 0.1) is 0 Å². The summed E-state index contributed by atoms with van der Waals surface area (Å²) in [6, 6.07) is 46.9. The lowest BCUT2D eigenvalue weighted by Gasteiger charge is -2.44. The maximum absolute atomic E-state index is 12.4. The molecule has 5 aliphatic carbocycles. The predicted molar refractivity (Wildman–Crippen MR) is 208 cm³/mol. The van der Waals surface area contributed by atoms with Crippen molar-refractivity contribution in [1.29, 1.82) is 0 Å². The molecule has 7 aromatic rings. The molecule has 0 spiro atoms. The van der Waals surface area contributed by atoms with Gasteiger partial charge in [-0.3, -0.25) is 0 Å². The number of fused-ring (bicyclic) bond motifs is 7. The number of aliphatic hydroxyl groups is 1. The van der Waals surface area contributed by atoms with Gasteiger partial charge < -0.3 is 5.11 Å². The quantitative estimate of drug-likeness (QED) is 0.138. The number of hydrogen-bond acceptors (Lipinski definition) is 1. The van der Waals surface area contributed by atoms with E-state index in [0.717, 1.165) is 27.8 Å². The van der Waals surface area contributed by atoms with Gasteiger partial charge >= 0.3 is 0 Å². The molecule has 2 heteroatoms. The van der Waals surface area contributed by atoms with Gasteiger partial charge in [-0.15, -0.1) is 5.54 Å². The van der Waals surface area contributed by atoms with Crippen LogP contribution >= 0.6 is 0 Å². The summed E-state index contributed by atoms with van der Waals surface area (Å²) in [5.74, 6) is 4.00. The molecule has 0 heterocycles. The first-order valence-electron chi connectivity index (χ1n) is 17.8. The maximum atomic E-state index is 12.4. The van der Waals surface area contributed by atoms with Crippen molar-refractivity contribution in [2.75, 3.05) is 0 Å². The van der Waals surface area contributed by atoms with E-state index in [1.807, 2.05) is 0 Å². The zero-order valence-corrected chi connectivity index (χ0v) is 29.3. The molecule has 0 saturated heterocycles. The van der Waals surface area contributed by atoms with Crippen LogP contribution in [0.4, 0.5) is 0 Å². The Morgan fingerprint density at radius 1 is 0.460 bits per heavy atom. The molecule has 50 heavy (non-hydrogen) atoms. The fraction of sp³-hybridized carbons (Fsp3) is 0.125. The van der Waals surface area contributed by atoms with Crippen LogP contribution in [0, 0.1) is 11.5 Å². The van der Waals surface area contributed by atoms with E-state index in [1.165, 1.54) is 77.5 Å². The van der Waals surface area contributed by atoms with E-state index >= 15 is 0 Å². The Labute approximate surface area is 293 Å². The predicted octanol–water partition coefficient (Wildman–Crippen LogP) is 11.4. The van der Waals surface area contributed by atoms with Crippen molar-refractivity contribution in [3.8, 4) is 56.0 Å². The Morgan fingerprint density at radius 3 is 1.48 bits per heavy atom. The highest BCUT2D eigenvalue weighted by atomic mass is 28.3. The zero-order chi connectivity index (χ0) is 33.5. The molecule has 1 atom stereocenters. The SMILES string of the molecule is C[Si](C)(C)C#Cc1c2c(c3c(-c4ccccc4)c4c(c5c3c1-c1ccccc1-5)C1c3ccccc3C4c3ccccc31)-c1ccccc1C2O. The van der Waals surface area contributed by atoms with Gasteiger partial charge in [0.2, 0.25) is 0 Å². The van der Waals surface area contributed by atoms with Crippen LogP contribution in [0.3, 0.4) is 0 Å². The van der Waals surface area contributed by atoms with Crippen molar-refractivity contribution in [1.82, 2.24) is 0 Å². The van der Waals surface area contributed by atoms with Crippen LogP contribution in [0.1, 0.15) is 68.0 Å². The fourth-order valence-corrected chi connectivity index (χ4v) is 10.4. The van der Waals surface area contributed by atoms with Gasteiger partial charge in [0.25, 0.3) is 0 Å². The zero-order valence-electron chi connectivity index (χ0n) is 28.3. The van der Waals surface area contributed by atoms with Crippen LogP contribution in [-0.4, -0.2) is 13.2 Å². The second-order valence-corrected chi connectivity index (χ2v) is 20.1. The van der Waals surface area contributed by atoms with E-state index in [4.69, 9.17) is 0 Å². The Morgan fingerprint density at radius 2 is 0.900 bits per heavy atom. The van der Waals surface area contributed by atoms with E-state index in [-0.39, 0.29) is 11.8 Å². The molecule has 12 rings (SSSR count). The highest BCUT2D eigenvalue weighted by Gasteiger charge is 2.48. The third-order valence-electron chi connectivity index (χ3n) is 11.6. The first-order chi connectivity index (χ1) is 24.4. The van der Waals surface area contributed by atoms with Crippen molar-refractivity contribution < 1.29 is 5.11 Å². The van der Waals surface area contributed by atoms with Gasteiger partial charge in [-0.05, 0) is 83.3 Å². The summed E-state index contributed by atoms with van der Waals surface area (Å²) < 4.78 is 0. The van der Waals surface area contributed by atoms with Gasteiger partial charge in [-0.25, -0.2) is 0 Å². The molecule has 0 aromatic heterocycles. The van der Waals surface area contributed by atoms with Gasteiger partial charge in [0.15, 0.2) is 0 Å². The molecule has 0 saturated carbocycles. The lowest BCUT2D eigenvalue weighted by atomic mass is 9.58. The number of rotatable bonds is 1. The van der Waals surface area contributed by atoms with Crippen LogP contribution < -0.4 is 0 Å². The molecule has 236 valence electrons. The summed E-state index contributed by atoms with van der Waals surface area (Å²) in [7, 11) is -1.77. The van der Waals surface area contributed by atoms with Crippen LogP contribution in [0.5, 0.6) is 0 Å². The van der Waals surface area contributed by atoms with Crippen LogP contribution in [-0.2, 0) is 0 Å². The van der Waals surface area contributed by atoms with E-state index in [9.17, 15) is 5.11 Å². The summed E-state index contributed by atoms with van der Waals surface area (Å²) in [4.78, 5) is 0. The Balaban J connectivity index is 1.45. The second kappa shape index (κ2) is 9.83. The molecule has 1 unspecified atom stereocenters. The maximum Gasteiger partial charge on any atom is 0.129 e. The van der Waals surface area contributed by atoms with E-state index in [2.05, 4.69) is 158 Å². The molecule has 0 aliphatic heterocycles. The lowest BCUT2D eigenvalue weighted by Crippen LogP contribution is -2.29. The molecule has 7 aromatic carbocycles. The van der Waals surface area contributed by atoms with Crippen LogP contribution in [0.2, 0.25) is 19.6 Å². The molecule has 1 N–H and O–H groups in total. The average molecular weight is 655 g/mol. The fourth-order valence-electron chi connectivity index (χ4n) is 9.86. The van der Waals surface area contributed by atoms with Crippen LogP contribution in [0.25, 0.3) is 55.3 Å². The van der Waals surface area contributed by atoms with Crippen molar-refractivity contribution in [3.63, 3.8) is 0 Å². The molecule has 0 radical (unpaired) electrons. The number of benzene rings is 7. The van der Waals surface area contributed by atoms with Gasteiger partial charge in [0, 0.05) is 33.9 Å². The first kappa shape index (κ1) is 28.4. The minimum Gasteiger partial charge on any atom is -0.384 e. The van der Waals surface area contributed by atoms with Gasteiger partial charge in [-0.1, -0.05) is 153 Å². The Hall–Kier alpha value is -5.46. The molecule has 1 nitrogen and oxygen atoms in total. The van der Waals surface area contributed by atoms with E-state index < -0.39 is 14.2 Å². The smallest absolute Gasteiger partial charge is 0.129 e. The van der Waals surface area contributed by atoms with E-state index in [0.29, 0.717) is 0 Å². The van der Waals surface area contributed by atoms with Gasteiger partial charge in [-0.2, -0.15) is 0 Å². The molecule has 2 bridgehead atoms. The summed E-state index contributed by atoms with van der Waals surface area (Å²) >= 11 is 0.